The van der Waals surface area contributed by atoms with Gasteiger partial charge in [-0.1, -0.05) is 12.6 Å². The van der Waals surface area contributed by atoms with Crippen molar-refractivity contribution in [3.63, 3.8) is 0 Å². The van der Waals surface area contributed by atoms with Crippen LogP contribution < -0.4 is 0 Å². The summed E-state index contributed by atoms with van der Waals surface area (Å²) in [4.78, 5) is 11.0. The highest BCUT2D eigenvalue weighted by Crippen LogP contribution is 2.12. The number of methoxy groups -OCH3 is 1. The summed E-state index contributed by atoms with van der Waals surface area (Å²) in [5, 5.41) is 0. The van der Waals surface area contributed by atoms with Crippen LogP contribution >= 0.6 is 0 Å². The predicted molar refractivity (Wildman–Crippen MR) is 52.7 cm³/mol. The highest BCUT2D eigenvalue weighted by Gasteiger charge is 2.11. The van der Waals surface area contributed by atoms with E-state index in [0.29, 0.717) is 5.56 Å². The molecule has 15 heavy (non-hydrogen) atoms. The molecule has 4 heteroatoms. The van der Waals surface area contributed by atoms with Gasteiger partial charge in [-0.2, -0.15) is 0 Å². The monoisotopic (exact) mass is 210 g/mol. The van der Waals surface area contributed by atoms with Crippen molar-refractivity contribution in [1.82, 2.24) is 0 Å². The number of carbonyl (C=O) groups excluding carboxylic acids is 1. The molecule has 0 aliphatic carbocycles. The topological polar surface area (TPSA) is 35.5 Å². The van der Waals surface area contributed by atoms with Crippen molar-refractivity contribution in [3.05, 3.63) is 48.0 Å². The number of esters is 1. The fourth-order valence-electron chi connectivity index (χ4n) is 1.08. The van der Waals surface area contributed by atoms with Gasteiger partial charge in [0.25, 0.3) is 0 Å². The molecule has 0 saturated heterocycles. The van der Waals surface area contributed by atoms with Crippen LogP contribution in [0.15, 0.2) is 31.0 Å². The minimum Gasteiger partial charge on any atom is -0.497 e. The zero-order chi connectivity index (χ0) is 11.3. The number of hydrogen-bond donors (Lipinski definition) is 0. The summed E-state index contributed by atoms with van der Waals surface area (Å²) in [6.07, 6.45) is 1.27. The van der Waals surface area contributed by atoms with Crippen LogP contribution in [0.2, 0.25) is 0 Å². The van der Waals surface area contributed by atoms with Crippen molar-refractivity contribution >= 4 is 5.97 Å². The fourth-order valence-corrected chi connectivity index (χ4v) is 1.08. The van der Waals surface area contributed by atoms with E-state index in [1.807, 2.05) is 0 Å². The maximum absolute atomic E-state index is 13.3. The van der Waals surface area contributed by atoms with Crippen LogP contribution in [0.3, 0.4) is 0 Å². The molecule has 80 valence electrons. The van der Waals surface area contributed by atoms with Gasteiger partial charge < -0.3 is 9.47 Å². The molecule has 1 aromatic rings. The first-order chi connectivity index (χ1) is 7.19. The number of rotatable bonds is 4. The Balaban J connectivity index is 2.87. The van der Waals surface area contributed by atoms with Crippen LogP contribution in [-0.4, -0.2) is 13.1 Å². The number of carbonyl (C=O) groups is 1. The Morgan fingerprint density at radius 1 is 1.60 bits per heavy atom. The largest absolute Gasteiger partial charge is 0.497 e. The summed E-state index contributed by atoms with van der Waals surface area (Å²) in [6.45, 7) is 3.59. The minimum atomic E-state index is -0.691. The van der Waals surface area contributed by atoms with Crippen molar-refractivity contribution in [2.24, 2.45) is 0 Å². The smallest absolute Gasteiger partial charge is 0.340 e. The number of ether oxygens (including phenoxy) is 2. The first kappa shape index (κ1) is 11.2. The second-order valence-electron chi connectivity index (χ2n) is 2.78. The molecule has 0 heterocycles. The summed E-state index contributed by atoms with van der Waals surface area (Å²) in [7, 11) is 1.20. The third kappa shape index (κ3) is 2.80. The summed E-state index contributed by atoms with van der Waals surface area (Å²) < 4.78 is 22.6. The molecule has 1 aromatic carbocycles. The quantitative estimate of drug-likeness (QED) is 0.565. The first-order valence-electron chi connectivity index (χ1n) is 4.28. The summed E-state index contributed by atoms with van der Waals surface area (Å²) in [5.74, 6) is -1.31. The molecule has 0 amide bonds. The Bertz CT molecular complexity index is 374. The normalized spacial score (nSPS) is 9.47. The van der Waals surface area contributed by atoms with Crippen LogP contribution in [0.25, 0.3) is 0 Å². The molecule has 0 aliphatic rings. The van der Waals surface area contributed by atoms with E-state index >= 15 is 0 Å². The van der Waals surface area contributed by atoms with E-state index in [1.165, 1.54) is 25.5 Å². The van der Waals surface area contributed by atoms with E-state index in [4.69, 9.17) is 4.74 Å². The molecule has 0 fully saturated rings. The molecular weight excluding hydrogens is 199 g/mol. The number of hydrogen-bond acceptors (Lipinski definition) is 3. The molecule has 0 radical (unpaired) electrons. The Hall–Kier alpha value is -1.84. The van der Waals surface area contributed by atoms with E-state index < -0.39 is 11.8 Å². The standard InChI is InChI=1S/C11H11FO3/c1-3-15-7-8-4-5-9(10(12)6-8)11(13)14-2/h3-6H,1,7H2,2H3. The van der Waals surface area contributed by atoms with Gasteiger partial charge in [0.15, 0.2) is 0 Å². The van der Waals surface area contributed by atoms with E-state index in [1.54, 1.807) is 6.07 Å². The zero-order valence-corrected chi connectivity index (χ0v) is 8.33. The SMILES string of the molecule is C=COCc1ccc(C(=O)OC)c(F)c1. The Morgan fingerprint density at radius 3 is 2.87 bits per heavy atom. The third-order valence-electron chi connectivity index (χ3n) is 1.81. The lowest BCUT2D eigenvalue weighted by Crippen LogP contribution is -2.04. The van der Waals surface area contributed by atoms with Crippen LogP contribution in [0, 0.1) is 5.82 Å². The van der Waals surface area contributed by atoms with Crippen molar-refractivity contribution in [3.8, 4) is 0 Å². The molecule has 0 unspecified atom stereocenters. The first-order valence-corrected chi connectivity index (χ1v) is 4.28. The van der Waals surface area contributed by atoms with Crippen molar-refractivity contribution in [2.45, 2.75) is 6.61 Å². The maximum atomic E-state index is 13.3. The number of halogens is 1. The summed E-state index contributed by atoms with van der Waals surface area (Å²) >= 11 is 0. The minimum absolute atomic E-state index is 0.0835. The van der Waals surface area contributed by atoms with E-state index in [0.717, 1.165) is 0 Å². The predicted octanol–water partition coefficient (Wildman–Crippen LogP) is 2.27. The number of benzene rings is 1. The molecule has 0 aromatic heterocycles. The lowest BCUT2D eigenvalue weighted by molar-refractivity contribution is 0.0595. The highest BCUT2D eigenvalue weighted by molar-refractivity contribution is 5.89. The molecule has 3 nitrogen and oxygen atoms in total. The maximum Gasteiger partial charge on any atom is 0.340 e. The third-order valence-corrected chi connectivity index (χ3v) is 1.81. The van der Waals surface area contributed by atoms with E-state index in [-0.39, 0.29) is 12.2 Å². The summed E-state index contributed by atoms with van der Waals surface area (Å²) in [6, 6.07) is 4.19. The van der Waals surface area contributed by atoms with Crippen LogP contribution in [0.5, 0.6) is 0 Å². The molecule has 1 rings (SSSR count). The lowest BCUT2D eigenvalue weighted by atomic mass is 10.1. The van der Waals surface area contributed by atoms with Gasteiger partial charge >= 0.3 is 5.97 Å². The second-order valence-corrected chi connectivity index (χ2v) is 2.78. The zero-order valence-electron chi connectivity index (χ0n) is 8.33. The van der Waals surface area contributed by atoms with Crippen LogP contribution in [-0.2, 0) is 16.1 Å². The Kier molecular flexibility index (Phi) is 3.85. The van der Waals surface area contributed by atoms with Crippen molar-refractivity contribution < 1.29 is 18.7 Å². The highest BCUT2D eigenvalue weighted by atomic mass is 19.1. The average molecular weight is 210 g/mol. The van der Waals surface area contributed by atoms with Gasteiger partial charge in [-0.3, -0.25) is 0 Å². The lowest BCUT2D eigenvalue weighted by Gasteiger charge is -2.04. The van der Waals surface area contributed by atoms with Gasteiger partial charge in [0.2, 0.25) is 0 Å². The molecule has 0 bridgehead atoms. The van der Waals surface area contributed by atoms with E-state index in [9.17, 15) is 9.18 Å². The summed E-state index contributed by atoms with van der Waals surface area (Å²) in [5.41, 5.74) is 0.542. The van der Waals surface area contributed by atoms with Crippen LogP contribution in [0.4, 0.5) is 4.39 Å². The average Bonchev–Trinajstić information content (AvgIpc) is 2.25. The Morgan fingerprint density at radius 2 is 2.33 bits per heavy atom. The van der Waals surface area contributed by atoms with E-state index in [2.05, 4.69) is 11.3 Å². The Labute approximate surface area is 87.1 Å². The van der Waals surface area contributed by atoms with Crippen molar-refractivity contribution in [1.29, 1.82) is 0 Å². The van der Waals surface area contributed by atoms with Gasteiger partial charge in [0, 0.05) is 0 Å². The second kappa shape index (κ2) is 5.14. The molecule has 0 aliphatic heterocycles. The fraction of sp³-hybridized carbons (Fsp3) is 0.182. The molecular formula is C11H11FO3. The van der Waals surface area contributed by atoms with Gasteiger partial charge in [0.1, 0.15) is 12.4 Å². The van der Waals surface area contributed by atoms with Gasteiger partial charge in [-0.25, -0.2) is 9.18 Å². The van der Waals surface area contributed by atoms with Gasteiger partial charge in [-0.15, -0.1) is 0 Å². The molecule has 0 spiro atoms. The van der Waals surface area contributed by atoms with Gasteiger partial charge in [-0.05, 0) is 17.7 Å². The molecule has 0 N–H and O–H groups in total. The van der Waals surface area contributed by atoms with Gasteiger partial charge in [0.05, 0.1) is 18.9 Å². The molecule has 0 atom stereocenters. The van der Waals surface area contributed by atoms with Crippen molar-refractivity contribution in [2.75, 3.05) is 7.11 Å². The molecule has 0 saturated carbocycles. The van der Waals surface area contributed by atoms with Crippen LogP contribution in [0.1, 0.15) is 15.9 Å².